The Morgan fingerprint density at radius 2 is 1.20 bits per heavy atom. The lowest BCUT2D eigenvalue weighted by molar-refractivity contribution is 1.13. The number of nitrogens with zero attached hydrogens (tertiary/aromatic N) is 2. The van der Waals surface area contributed by atoms with Crippen LogP contribution in [0.2, 0.25) is 0 Å². The lowest BCUT2D eigenvalue weighted by atomic mass is 9.94. The Balaban J connectivity index is 1.84. The Bertz CT molecular complexity index is 1120. The molecule has 0 amide bonds. The Hall–Kier alpha value is -3.52. The van der Waals surface area contributed by atoms with E-state index in [-0.39, 0.29) is 0 Å². The fraction of sp³-hybridized carbons (Fsp3) is 0.143. The van der Waals surface area contributed by atoms with Gasteiger partial charge in [0.05, 0.1) is 0 Å². The van der Waals surface area contributed by atoms with E-state index in [0.717, 1.165) is 0 Å². The van der Waals surface area contributed by atoms with E-state index in [2.05, 4.69) is 135 Å². The molecule has 4 rings (SSSR count). The summed E-state index contributed by atoms with van der Waals surface area (Å²) in [4.78, 5) is 4.25. The molecule has 0 saturated carbocycles. The highest BCUT2D eigenvalue weighted by molar-refractivity contribution is 5.98. The molecule has 2 aromatic rings. The van der Waals surface area contributed by atoms with Crippen LogP contribution in [0.1, 0.15) is 16.7 Å². The topological polar surface area (TPSA) is 6.48 Å². The molecular weight excluding hydrogens is 364 g/mol. The molecule has 2 heteroatoms. The molecule has 2 aliphatic rings. The number of fused-ring (bicyclic) bond motifs is 1. The van der Waals surface area contributed by atoms with Gasteiger partial charge in [0.1, 0.15) is 0 Å². The minimum absolute atomic E-state index is 1.20. The highest BCUT2D eigenvalue weighted by Crippen LogP contribution is 2.37. The van der Waals surface area contributed by atoms with Crippen molar-refractivity contribution >= 4 is 23.0 Å². The van der Waals surface area contributed by atoms with Crippen LogP contribution in [0.3, 0.4) is 0 Å². The summed E-state index contributed by atoms with van der Waals surface area (Å²) >= 11 is 0. The van der Waals surface area contributed by atoms with Gasteiger partial charge in [-0.1, -0.05) is 66.7 Å². The van der Waals surface area contributed by atoms with Crippen LogP contribution in [0, 0.1) is 0 Å². The Morgan fingerprint density at radius 3 is 1.83 bits per heavy atom. The Morgan fingerprint density at radius 1 is 0.600 bits per heavy atom. The van der Waals surface area contributed by atoms with Crippen LogP contribution in [0.15, 0.2) is 91.0 Å². The molecule has 0 unspecified atom stereocenters. The highest BCUT2D eigenvalue weighted by atomic mass is 15.1. The van der Waals surface area contributed by atoms with Crippen molar-refractivity contribution in [1.82, 2.24) is 0 Å². The summed E-state index contributed by atoms with van der Waals surface area (Å²) in [7, 11) is 8.28. The van der Waals surface area contributed by atoms with Gasteiger partial charge in [0.25, 0.3) is 0 Å². The van der Waals surface area contributed by atoms with E-state index in [9.17, 15) is 0 Å². The highest BCUT2D eigenvalue weighted by Gasteiger charge is 2.14. The fourth-order valence-electron chi connectivity index (χ4n) is 3.74. The minimum atomic E-state index is 1.20. The van der Waals surface area contributed by atoms with Gasteiger partial charge < -0.3 is 9.80 Å². The first-order valence-corrected chi connectivity index (χ1v) is 10.3. The van der Waals surface area contributed by atoms with E-state index in [0.29, 0.717) is 0 Å². The maximum atomic E-state index is 2.30. The van der Waals surface area contributed by atoms with Gasteiger partial charge in [0.15, 0.2) is 0 Å². The predicted octanol–water partition coefficient (Wildman–Crippen LogP) is 6.51. The van der Waals surface area contributed by atoms with Gasteiger partial charge in [-0.15, -0.1) is 0 Å². The Labute approximate surface area is 180 Å². The zero-order valence-corrected chi connectivity index (χ0v) is 18.1. The first-order chi connectivity index (χ1) is 14.5. The standard InChI is InChI=1S/C28H28N2/c1-29(2)24-15-10-21(11-16-24)20-28(23-12-17-25(18-13-23)30(3)4)27-19-14-22-8-6-5-7-9-26(22)27/h5-20H,1-4H3/b28-20+. The van der Waals surface area contributed by atoms with Crippen molar-refractivity contribution in [2.45, 2.75) is 0 Å². The van der Waals surface area contributed by atoms with Crippen LogP contribution in [-0.2, 0) is 0 Å². The molecule has 30 heavy (non-hydrogen) atoms. The van der Waals surface area contributed by atoms with Gasteiger partial charge >= 0.3 is 0 Å². The summed E-state index contributed by atoms with van der Waals surface area (Å²) in [6.45, 7) is 0. The average molecular weight is 393 g/mol. The van der Waals surface area contributed by atoms with Crippen molar-refractivity contribution in [3.8, 4) is 11.1 Å². The monoisotopic (exact) mass is 392 g/mol. The zero-order chi connectivity index (χ0) is 21.1. The third-order valence-electron chi connectivity index (χ3n) is 5.50. The summed E-state index contributed by atoms with van der Waals surface area (Å²) in [5.74, 6) is 0. The first kappa shape index (κ1) is 19.8. The van der Waals surface area contributed by atoms with Gasteiger partial charge in [-0.3, -0.25) is 0 Å². The van der Waals surface area contributed by atoms with E-state index in [1.54, 1.807) is 0 Å². The smallest absolute Gasteiger partial charge is 0.0361 e. The van der Waals surface area contributed by atoms with E-state index in [4.69, 9.17) is 0 Å². The van der Waals surface area contributed by atoms with Crippen LogP contribution < -0.4 is 9.80 Å². The normalized spacial score (nSPS) is 11.5. The molecule has 0 saturated heterocycles. The summed E-state index contributed by atoms with van der Waals surface area (Å²) < 4.78 is 0. The van der Waals surface area contributed by atoms with Gasteiger partial charge in [0.2, 0.25) is 0 Å². The van der Waals surface area contributed by atoms with Crippen molar-refractivity contribution in [3.63, 3.8) is 0 Å². The second kappa shape index (κ2) is 8.46. The van der Waals surface area contributed by atoms with Crippen LogP contribution in [0.5, 0.6) is 0 Å². The molecule has 0 heterocycles. The van der Waals surface area contributed by atoms with Crippen molar-refractivity contribution in [1.29, 1.82) is 0 Å². The van der Waals surface area contributed by atoms with Gasteiger partial charge in [-0.05, 0) is 63.7 Å². The van der Waals surface area contributed by atoms with Crippen LogP contribution in [0.4, 0.5) is 11.4 Å². The maximum Gasteiger partial charge on any atom is 0.0361 e. The van der Waals surface area contributed by atoms with E-state index in [1.165, 1.54) is 44.8 Å². The average Bonchev–Trinajstić information content (AvgIpc) is 2.99. The van der Waals surface area contributed by atoms with E-state index in [1.807, 2.05) is 0 Å². The zero-order valence-electron chi connectivity index (χ0n) is 18.1. The molecule has 0 fully saturated rings. The summed E-state index contributed by atoms with van der Waals surface area (Å²) in [6, 6.07) is 32.7. The van der Waals surface area contributed by atoms with E-state index >= 15 is 0 Å². The van der Waals surface area contributed by atoms with Crippen LogP contribution in [0.25, 0.3) is 22.8 Å². The summed E-state index contributed by atoms with van der Waals surface area (Å²) in [5.41, 5.74) is 9.84. The number of anilines is 2. The molecule has 2 aromatic carbocycles. The fourth-order valence-corrected chi connectivity index (χ4v) is 3.74. The van der Waals surface area contributed by atoms with Crippen molar-refractivity contribution in [2.75, 3.05) is 38.0 Å². The quantitative estimate of drug-likeness (QED) is 0.357. The first-order valence-electron chi connectivity index (χ1n) is 10.3. The molecule has 0 bridgehead atoms. The van der Waals surface area contributed by atoms with Crippen molar-refractivity contribution in [3.05, 3.63) is 108 Å². The summed E-state index contributed by atoms with van der Waals surface area (Å²) in [5, 5.41) is 0. The molecule has 2 nitrogen and oxygen atoms in total. The molecule has 0 radical (unpaired) electrons. The lowest BCUT2D eigenvalue weighted by Crippen LogP contribution is -2.08. The summed E-state index contributed by atoms with van der Waals surface area (Å²) in [6.07, 6.45) is 2.30. The Kier molecular flexibility index (Phi) is 5.58. The number of benzene rings is 2. The number of rotatable bonds is 5. The molecule has 0 aliphatic heterocycles. The van der Waals surface area contributed by atoms with E-state index < -0.39 is 0 Å². The van der Waals surface area contributed by atoms with Crippen molar-refractivity contribution in [2.24, 2.45) is 0 Å². The third-order valence-corrected chi connectivity index (χ3v) is 5.50. The molecule has 0 N–H and O–H groups in total. The minimum Gasteiger partial charge on any atom is -0.378 e. The van der Waals surface area contributed by atoms with Gasteiger partial charge in [0, 0.05) is 39.6 Å². The van der Waals surface area contributed by atoms with Gasteiger partial charge in [-0.25, -0.2) is 0 Å². The molecule has 0 spiro atoms. The number of hydrogen-bond acceptors (Lipinski definition) is 2. The second-order valence-electron chi connectivity index (χ2n) is 8.01. The van der Waals surface area contributed by atoms with Crippen LogP contribution in [-0.4, -0.2) is 28.2 Å². The SMILES string of the molecule is CN(C)c1ccc(/C=C(\c2ccc(N(C)C)cc2)c2ccc3cccccc2-3)cc1. The molecule has 2 aliphatic carbocycles. The number of hydrogen-bond donors (Lipinski definition) is 0. The molecule has 0 atom stereocenters. The van der Waals surface area contributed by atoms with Crippen molar-refractivity contribution < 1.29 is 0 Å². The largest absolute Gasteiger partial charge is 0.378 e. The molecule has 0 aromatic heterocycles. The third kappa shape index (κ3) is 4.08. The maximum absolute atomic E-state index is 2.30. The second-order valence-corrected chi connectivity index (χ2v) is 8.01. The van der Waals surface area contributed by atoms with Crippen LogP contribution >= 0.6 is 0 Å². The molecule has 150 valence electrons. The van der Waals surface area contributed by atoms with Gasteiger partial charge in [-0.2, -0.15) is 0 Å². The molecular formula is C28H28N2. The lowest BCUT2D eigenvalue weighted by Gasteiger charge is -2.15. The predicted molar refractivity (Wildman–Crippen MR) is 132 cm³/mol.